The number of amides is 2. The van der Waals surface area contributed by atoms with E-state index < -0.39 is 5.82 Å². The molecule has 2 heterocycles. The normalized spacial score (nSPS) is 14.1. The van der Waals surface area contributed by atoms with Crippen LogP contribution < -0.4 is 10.6 Å². The molecule has 9 heteroatoms. The van der Waals surface area contributed by atoms with Crippen LogP contribution >= 0.6 is 11.6 Å². The number of anilines is 2. The third kappa shape index (κ3) is 6.08. The van der Waals surface area contributed by atoms with Crippen LogP contribution in [-0.2, 0) is 9.53 Å². The molecule has 0 aliphatic carbocycles. The second kappa shape index (κ2) is 11.0. The minimum atomic E-state index is -0.568. The van der Waals surface area contributed by atoms with Gasteiger partial charge < -0.3 is 19.9 Å². The van der Waals surface area contributed by atoms with E-state index in [1.54, 1.807) is 12.1 Å². The highest BCUT2D eigenvalue weighted by molar-refractivity contribution is 6.30. The Kier molecular flexibility index (Phi) is 7.85. The second-order valence-corrected chi connectivity index (χ2v) is 8.94. The molecule has 2 amide bonds. The number of aryl methyl sites for hydroxylation is 1. The van der Waals surface area contributed by atoms with Crippen molar-refractivity contribution < 1.29 is 18.7 Å². The average molecular weight is 499 g/mol. The minimum absolute atomic E-state index is 0.0270. The number of hydrogen-bond acceptors (Lipinski definition) is 4. The quantitative estimate of drug-likeness (QED) is 0.490. The molecular weight excluding hydrogens is 471 g/mol. The van der Waals surface area contributed by atoms with Gasteiger partial charge in [-0.15, -0.1) is 0 Å². The molecule has 7 nitrogen and oxygen atoms in total. The lowest BCUT2D eigenvalue weighted by molar-refractivity contribution is -0.116. The van der Waals surface area contributed by atoms with Crippen molar-refractivity contribution in [2.24, 2.45) is 0 Å². The van der Waals surface area contributed by atoms with Gasteiger partial charge in [0, 0.05) is 53.8 Å². The van der Waals surface area contributed by atoms with Gasteiger partial charge in [-0.3, -0.25) is 14.5 Å². The predicted molar refractivity (Wildman–Crippen MR) is 135 cm³/mol. The van der Waals surface area contributed by atoms with Crippen LogP contribution in [0.4, 0.5) is 15.8 Å². The van der Waals surface area contributed by atoms with Gasteiger partial charge in [0.25, 0.3) is 5.91 Å². The largest absolute Gasteiger partial charge is 0.379 e. The molecular formula is C26H28ClFN4O3. The topological polar surface area (TPSA) is 75.6 Å². The number of rotatable bonds is 7. The van der Waals surface area contributed by atoms with Crippen molar-refractivity contribution in [2.75, 3.05) is 43.5 Å². The summed E-state index contributed by atoms with van der Waals surface area (Å²) >= 11 is 6.14. The summed E-state index contributed by atoms with van der Waals surface area (Å²) in [7, 11) is 0. The number of halogens is 2. The summed E-state index contributed by atoms with van der Waals surface area (Å²) in [6, 6.07) is 13.3. The fourth-order valence-corrected chi connectivity index (χ4v) is 4.38. The smallest absolute Gasteiger partial charge is 0.257 e. The zero-order chi connectivity index (χ0) is 24.9. The van der Waals surface area contributed by atoms with E-state index in [9.17, 15) is 14.0 Å². The Labute approximate surface area is 208 Å². The number of hydrogen-bond donors (Lipinski definition) is 2. The summed E-state index contributed by atoms with van der Waals surface area (Å²) in [5, 5.41) is 6.03. The molecule has 0 bridgehead atoms. The van der Waals surface area contributed by atoms with Gasteiger partial charge >= 0.3 is 0 Å². The van der Waals surface area contributed by atoms with Crippen molar-refractivity contribution in [3.63, 3.8) is 0 Å². The number of benzene rings is 2. The standard InChI is InChI=1S/C26H28ClFN4O3/c1-17-14-22(18(2)32(17)21-5-3-4-19(27)15-21)26(34)29-20-6-7-23(28)24(16-20)30-25(33)8-9-31-10-12-35-13-11-31/h3-7,14-16H,8-13H2,1-2H3,(H,29,34)(H,30,33). The average Bonchev–Trinajstić information content (AvgIpc) is 3.14. The van der Waals surface area contributed by atoms with E-state index >= 15 is 0 Å². The Bertz CT molecular complexity index is 1240. The first-order valence-corrected chi connectivity index (χ1v) is 11.9. The molecule has 1 aliphatic heterocycles. The Hall–Kier alpha value is -3.20. The van der Waals surface area contributed by atoms with Crippen molar-refractivity contribution in [3.05, 3.63) is 76.3 Å². The molecule has 184 valence electrons. The molecule has 35 heavy (non-hydrogen) atoms. The van der Waals surface area contributed by atoms with Crippen molar-refractivity contribution in [2.45, 2.75) is 20.3 Å². The van der Waals surface area contributed by atoms with E-state index in [1.807, 2.05) is 36.6 Å². The summed E-state index contributed by atoms with van der Waals surface area (Å²) in [6.45, 7) is 7.21. The van der Waals surface area contributed by atoms with E-state index in [-0.39, 0.29) is 23.9 Å². The van der Waals surface area contributed by atoms with Crippen molar-refractivity contribution in [1.29, 1.82) is 0 Å². The van der Waals surface area contributed by atoms with Crippen LogP contribution in [0, 0.1) is 19.7 Å². The number of nitrogens with zero attached hydrogens (tertiary/aromatic N) is 2. The molecule has 4 rings (SSSR count). The van der Waals surface area contributed by atoms with Gasteiger partial charge in [-0.1, -0.05) is 17.7 Å². The number of morpholine rings is 1. The predicted octanol–water partition coefficient (Wildman–Crippen LogP) is 4.80. The fourth-order valence-electron chi connectivity index (χ4n) is 4.20. The highest BCUT2D eigenvalue weighted by Crippen LogP contribution is 2.25. The fraction of sp³-hybridized carbons (Fsp3) is 0.308. The summed E-state index contributed by atoms with van der Waals surface area (Å²) < 4.78 is 21.6. The van der Waals surface area contributed by atoms with Crippen molar-refractivity contribution >= 4 is 34.8 Å². The van der Waals surface area contributed by atoms with Gasteiger partial charge in [0.15, 0.2) is 0 Å². The maximum Gasteiger partial charge on any atom is 0.257 e. The number of carbonyl (C=O) groups is 2. The van der Waals surface area contributed by atoms with Crippen molar-refractivity contribution in [3.8, 4) is 5.69 Å². The van der Waals surface area contributed by atoms with Crippen LogP contribution in [0.5, 0.6) is 0 Å². The molecule has 1 saturated heterocycles. The lowest BCUT2D eigenvalue weighted by atomic mass is 10.2. The first kappa shape index (κ1) is 24.9. The molecule has 2 N–H and O–H groups in total. The van der Waals surface area contributed by atoms with Gasteiger partial charge in [0.1, 0.15) is 5.82 Å². The molecule has 0 atom stereocenters. The van der Waals surface area contributed by atoms with Gasteiger partial charge in [-0.05, 0) is 56.3 Å². The molecule has 1 aromatic heterocycles. The van der Waals surface area contributed by atoms with E-state index in [0.717, 1.165) is 30.2 Å². The maximum absolute atomic E-state index is 14.4. The van der Waals surface area contributed by atoms with E-state index in [4.69, 9.17) is 16.3 Å². The zero-order valence-electron chi connectivity index (χ0n) is 19.7. The number of nitrogens with one attached hydrogen (secondary N) is 2. The molecule has 1 aliphatic rings. The Morgan fingerprint density at radius 3 is 2.57 bits per heavy atom. The van der Waals surface area contributed by atoms with Crippen LogP contribution in [0.1, 0.15) is 28.2 Å². The molecule has 1 fully saturated rings. The minimum Gasteiger partial charge on any atom is -0.379 e. The monoisotopic (exact) mass is 498 g/mol. The first-order chi connectivity index (χ1) is 16.8. The molecule has 0 unspecified atom stereocenters. The molecule has 2 aromatic carbocycles. The third-order valence-corrected chi connectivity index (χ3v) is 6.23. The lowest BCUT2D eigenvalue weighted by Crippen LogP contribution is -2.38. The molecule has 0 saturated carbocycles. The van der Waals surface area contributed by atoms with Crippen LogP contribution in [0.3, 0.4) is 0 Å². The van der Waals surface area contributed by atoms with E-state index in [0.29, 0.717) is 36.0 Å². The highest BCUT2D eigenvalue weighted by Gasteiger charge is 2.18. The maximum atomic E-state index is 14.4. The lowest BCUT2D eigenvalue weighted by Gasteiger charge is -2.26. The zero-order valence-corrected chi connectivity index (χ0v) is 20.5. The van der Waals surface area contributed by atoms with Crippen LogP contribution in [0.25, 0.3) is 5.69 Å². The summed E-state index contributed by atoms with van der Waals surface area (Å²) in [5.74, 6) is -1.19. The second-order valence-electron chi connectivity index (χ2n) is 8.50. The van der Waals surface area contributed by atoms with Crippen LogP contribution in [0.2, 0.25) is 5.02 Å². The number of ether oxygens (including phenoxy) is 1. The Morgan fingerprint density at radius 2 is 1.83 bits per heavy atom. The Morgan fingerprint density at radius 1 is 1.06 bits per heavy atom. The number of carbonyl (C=O) groups excluding carboxylic acids is 2. The first-order valence-electron chi connectivity index (χ1n) is 11.5. The third-order valence-electron chi connectivity index (χ3n) is 6.00. The van der Waals surface area contributed by atoms with Crippen LogP contribution in [-0.4, -0.2) is 54.1 Å². The van der Waals surface area contributed by atoms with Gasteiger partial charge in [-0.2, -0.15) is 0 Å². The van der Waals surface area contributed by atoms with Gasteiger partial charge in [0.05, 0.1) is 24.5 Å². The van der Waals surface area contributed by atoms with E-state index in [2.05, 4.69) is 15.5 Å². The van der Waals surface area contributed by atoms with Gasteiger partial charge in [0.2, 0.25) is 5.91 Å². The highest BCUT2D eigenvalue weighted by atomic mass is 35.5. The number of aromatic nitrogens is 1. The molecule has 0 spiro atoms. The van der Waals surface area contributed by atoms with Crippen LogP contribution in [0.15, 0.2) is 48.5 Å². The Balaban J connectivity index is 1.44. The van der Waals surface area contributed by atoms with E-state index in [1.165, 1.54) is 18.2 Å². The summed E-state index contributed by atoms with van der Waals surface area (Å²) in [6.07, 6.45) is 0.242. The van der Waals surface area contributed by atoms with Crippen molar-refractivity contribution in [1.82, 2.24) is 9.47 Å². The van der Waals surface area contributed by atoms with Gasteiger partial charge in [-0.25, -0.2) is 4.39 Å². The summed E-state index contributed by atoms with van der Waals surface area (Å²) in [5.41, 5.74) is 3.38. The SMILES string of the molecule is Cc1cc(C(=O)Nc2ccc(F)c(NC(=O)CCN3CCOCC3)c2)c(C)n1-c1cccc(Cl)c1. The summed E-state index contributed by atoms with van der Waals surface area (Å²) in [4.78, 5) is 27.6. The molecule has 3 aromatic rings. The molecule has 0 radical (unpaired) electrons.